The molecular weight excluding hydrogens is 415 g/mol. The average Bonchev–Trinajstić information content (AvgIpc) is 2.91. The number of amides is 1. The highest BCUT2D eigenvalue weighted by atomic mass is 35.5. The highest BCUT2D eigenvalue weighted by Gasteiger charge is 2.44. The lowest BCUT2D eigenvalue weighted by Crippen LogP contribution is -2.52. The maximum Gasteiger partial charge on any atom is 0.238 e. The van der Waals surface area contributed by atoms with E-state index in [2.05, 4.69) is 10.0 Å². The topological polar surface area (TPSA) is 93.7 Å². The SMILES string of the molecule is CC1COC(CNC(=O)C(NS(C)(=O)=O)C(C)C)(c2ccc(Cl)cc2Cl)O1. The van der Waals surface area contributed by atoms with Gasteiger partial charge >= 0.3 is 0 Å². The number of halogens is 2. The smallest absolute Gasteiger partial charge is 0.238 e. The van der Waals surface area contributed by atoms with Gasteiger partial charge in [-0.05, 0) is 25.0 Å². The van der Waals surface area contributed by atoms with Crippen LogP contribution in [0, 0.1) is 5.92 Å². The first kappa shape index (κ1) is 22.4. The van der Waals surface area contributed by atoms with Crippen LogP contribution in [-0.4, -0.2) is 45.9 Å². The molecule has 1 aromatic rings. The molecule has 1 fully saturated rings. The van der Waals surface area contributed by atoms with Crippen molar-refractivity contribution in [2.45, 2.75) is 38.7 Å². The van der Waals surface area contributed by atoms with Crippen LogP contribution in [0.25, 0.3) is 0 Å². The summed E-state index contributed by atoms with van der Waals surface area (Å²) < 4.78 is 37.2. The molecule has 7 nitrogen and oxygen atoms in total. The second-order valence-electron chi connectivity index (χ2n) is 6.95. The van der Waals surface area contributed by atoms with Gasteiger partial charge in [0.05, 0.1) is 30.5 Å². The second-order valence-corrected chi connectivity index (χ2v) is 9.57. The summed E-state index contributed by atoms with van der Waals surface area (Å²) in [6.45, 7) is 5.63. The first-order chi connectivity index (χ1) is 12.4. The molecule has 1 heterocycles. The van der Waals surface area contributed by atoms with Crippen LogP contribution in [-0.2, 0) is 30.1 Å². The predicted molar refractivity (Wildman–Crippen MR) is 104 cm³/mol. The van der Waals surface area contributed by atoms with E-state index >= 15 is 0 Å². The van der Waals surface area contributed by atoms with Crippen molar-refractivity contribution in [3.8, 4) is 0 Å². The van der Waals surface area contributed by atoms with Crippen molar-refractivity contribution in [3.05, 3.63) is 33.8 Å². The normalized spacial score (nSPS) is 24.2. The van der Waals surface area contributed by atoms with Crippen molar-refractivity contribution in [2.24, 2.45) is 5.92 Å². The van der Waals surface area contributed by atoms with Gasteiger partial charge in [-0.1, -0.05) is 43.1 Å². The Bertz CT molecular complexity index is 803. The minimum Gasteiger partial charge on any atom is -0.349 e. The van der Waals surface area contributed by atoms with E-state index in [0.717, 1.165) is 6.26 Å². The summed E-state index contributed by atoms with van der Waals surface area (Å²) in [5, 5.41) is 3.53. The van der Waals surface area contributed by atoms with Crippen molar-refractivity contribution in [1.29, 1.82) is 0 Å². The highest BCUT2D eigenvalue weighted by molar-refractivity contribution is 7.88. The van der Waals surface area contributed by atoms with Gasteiger partial charge in [-0.25, -0.2) is 13.1 Å². The fourth-order valence-electron chi connectivity index (χ4n) is 2.81. The summed E-state index contributed by atoms with van der Waals surface area (Å²) >= 11 is 12.3. The number of hydrogen-bond acceptors (Lipinski definition) is 5. The van der Waals surface area contributed by atoms with Crippen molar-refractivity contribution >= 4 is 39.1 Å². The van der Waals surface area contributed by atoms with Gasteiger partial charge in [0.15, 0.2) is 0 Å². The molecule has 0 aliphatic carbocycles. The fraction of sp³-hybridized carbons (Fsp3) is 0.588. The molecule has 3 unspecified atom stereocenters. The standard InChI is InChI=1S/C17H24Cl2N2O5S/c1-10(2)15(21-27(4,23)24)16(22)20-9-17(25-8-11(3)26-17)13-6-5-12(18)7-14(13)19/h5-7,10-11,15,21H,8-9H2,1-4H3,(H,20,22). The van der Waals surface area contributed by atoms with Gasteiger partial charge in [-0.2, -0.15) is 0 Å². The van der Waals surface area contributed by atoms with Crippen LogP contribution in [0.5, 0.6) is 0 Å². The van der Waals surface area contributed by atoms with Crippen LogP contribution in [0.2, 0.25) is 10.0 Å². The lowest BCUT2D eigenvalue weighted by Gasteiger charge is -2.30. The Hall–Kier alpha value is -0.900. The fourth-order valence-corrected chi connectivity index (χ4v) is 4.20. The van der Waals surface area contributed by atoms with Crippen LogP contribution in [0.1, 0.15) is 26.3 Å². The summed E-state index contributed by atoms with van der Waals surface area (Å²) in [5.74, 6) is -2.01. The molecule has 2 rings (SSSR count). The van der Waals surface area contributed by atoms with E-state index in [1.165, 1.54) is 0 Å². The Balaban J connectivity index is 2.23. The number of rotatable bonds is 7. The molecule has 10 heteroatoms. The molecule has 1 aliphatic rings. The molecule has 0 radical (unpaired) electrons. The van der Waals surface area contributed by atoms with Gasteiger partial charge in [0.1, 0.15) is 6.04 Å². The van der Waals surface area contributed by atoms with Gasteiger partial charge in [0.2, 0.25) is 21.7 Å². The van der Waals surface area contributed by atoms with Gasteiger partial charge < -0.3 is 14.8 Å². The van der Waals surface area contributed by atoms with Crippen LogP contribution < -0.4 is 10.0 Å². The van der Waals surface area contributed by atoms with Crippen molar-refractivity contribution < 1.29 is 22.7 Å². The summed E-state index contributed by atoms with van der Waals surface area (Å²) in [6, 6.07) is 3.99. The summed E-state index contributed by atoms with van der Waals surface area (Å²) in [4.78, 5) is 12.6. The van der Waals surface area contributed by atoms with Crippen LogP contribution in [0.15, 0.2) is 18.2 Å². The highest BCUT2D eigenvalue weighted by Crippen LogP contribution is 2.38. The third-order valence-corrected chi connectivity index (χ3v) is 5.30. The lowest BCUT2D eigenvalue weighted by atomic mass is 10.0. The molecule has 1 amide bonds. The first-order valence-electron chi connectivity index (χ1n) is 8.46. The molecule has 1 saturated heterocycles. The Kier molecular flexibility index (Phi) is 7.16. The van der Waals surface area contributed by atoms with E-state index in [1.807, 2.05) is 6.92 Å². The van der Waals surface area contributed by atoms with Crippen LogP contribution in [0.4, 0.5) is 0 Å². The molecule has 27 heavy (non-hydrogen) atoms. The third kappa shape index (κ3) is 5.79. The maximum absolute atomic E-state index is 12.6. The number of carbonyl (C=O) groups excluding carboxylic acids is 1. The molecule has 1 aliphatic heterocycles. The quantitative estimate of drug-likeness (QED) is 0.680. The predicted octanol–water partition coefficient (Wildman–Crippen LogP) is 2.27. The largest absolute Gasteiger partial charge is 0.349 e. The van der Waals surface area contributed by atoms with Gasteiger partial charge in [0, 0.05) is 10.6 Å². The van der Waals surface area contributed by atoms with Crippen molar-refractivity contribution in [3.63, 3.8) is 0 Å². The maximum atomic E-state index is 12.6. The number of hydrogen-bond donors (Lipinski definition) is 2. The molecule has 0 saturated carbocycles. The van der Waals surface area contributed by atoms with Crippen LogP contribution >= 0.6 is 23.2 Å². The number of ether oxygens (including phenoxy) is 2. The van der Waals surface area contributed by atoms with Crippen molar-refractivity contribution in [1.82, 2.24) is 10.0 Å². The van der Waals surface area contributed by atoms with Gasteiger partial charge in [-0.15, -0.1) is 0 Å². The summed E-state index contributed by atoms with van der Waals surface area (Å²) in [7, 11) is -3.55. The Morgan fingerprint density at radius 3 is 2.52 bits per heavy atom. The van der Waals surface area contributed by atoms with Gasteiger partial charge in [0.25, 0.3) is 0 Å². The number of benzene rings is 1. The Morgan fingerprint density at radius 1 is 1.37 bits per heavy atom. The van der Waals surface area contributed by atoms with Crippen molar-refractivity contribution in [2.75, 3.05) is 19.4 Å². The molecule has 0 bridgehead atoms. The zero-order valence-corrected chi connectivity index (χ0v) is 17.9. The molecule has 3 atom stereocenters. The van der Waals surface area contributed by atoms with E-state index in [4.69, 9.17) is 32.7 Å². The summed E-state index contributed by atoms with van der Waals surface area (Å²) in [5.41, 5.74) is 0.537. The van der Waals surface area contributed by atoms with E-state index in [-0.39, 0.29) is 18.6 Å². The van der Waals surface area contributed by atoms with Gasteiger partial charge in [-0.3, -0.25) is 4.79 Å². The molecule has 0 spiro atoms. The summed E-state index contributed by atoms with van der Waals surface area (Å²) in [6.07, 6.45) is 0.805. The van der Waals surface area contributed by atoms with E-state index in [0.29, 0.717) is 22.2 Å². The number of carbonyl (C=O) groups is 1. The molecule has 0 aromatic heterocycles. The molecule has 2 N–H and O–H groups in total. The molecule has 152 valence electrons. The van der Waals surface area contributed by atoms with E-state index < -0.39 is 27.8 Å². The first-order valence-corrected chi connectivity index (χ1v) is 11.1. The zero-order chi connectivity index (χ0) is 20.4. The Labute approximate surface area is 169 Å². The Morgan fingerprint density at radius 2 is 2.04 bits per heavy atom. The second kappa shape index (κ2) is 8.63. The van der Waals surface area contributed by atoms with E-state index in [1.54, 1.807) is 32.0 Å². The van der Waals surface area contributed by atoms with Crippen LogP contribution in [0.3, 0.4) is 0 Å². The number of sulfonamides is 1. The average molecular weight is 439 g/mol. The zero-order valence-electron chi connectivity index (χ0n) is 15.6. The third-order valence-electron chi connectivity index (χ3n) is 4.07. The molecule has 1 aromatic carbocycles. The minimum atomic E-state index is -3.55. The minimum absolute atomic E-state index is 0.0355. The van der Waals surface area contributed by atoms with E-state index in [9.17, 15) is 13.2 Å². The number of nitrogens with one attached hydrogen (secondary N) is 2. The molecular formula is C17H24Cl2N2O5S. The monoisotopic (exact) mass is 438 g/mol. The lowest BCUT2D eigenvalue weighted by molar-refractivity contribution is -0.174.